The third-order valence-electron chi connectivity index (χ3n) is 3.79. The lowest BCUT2D eigenvalue weighted by Gasteiger charge is -2.29. The Hall–Kier alpha value is -1.87. The van der Waals surface area contributed by atoms with Crippen LogP contribution in [0.3, 0.4) is 0 Å². The van der Waals surface area contributed by atoms with Crippen LogP contribution in [0.25, 0.3) is 0 Å². The highest BCUT2D eigenvalue weighted by Gasteiger charge is 2.24. The van der Waals surface area contributed by atoms with Crippen LogP contribution >= 0.6 is 0 Å². The largest absolute Gasteiger partial charge is 0.463 e. The monoisotopic (exact) mass is 461 g/mol. The van der Waals surface area contributed by atoms with Crippen LogP contribution in [-0.2, 0) is 23.7 Å². The topological polar surface area (TPSA) is 120 Å². The Balaban J connectivity index is 0.000000607. The van der Waals surface area contributed by atoms with Crippen LogP contribution in [-0.4, -0.2) is 52.5 Å². The third kappa shape index (κ3) is 18.9. The Morgan fingerprint density at radius 2 is 1.44 bits per heavy atom. The maximum atomic E-state index is 11.4. The summed E-state index contributed by atoms with van der Waals surface area (Å²) in [5, 5.41) is 11.6. The number of carbonyl (C=O) groups excluding carboxylic acids is 3. The van der Waals surface area contributed by atoms with E-state index in [4.69, 9.17) is 18.9 Å². The Morgan fingerprint density at radius 1 is 0.938 bits per heavy atom. The Labute approximate surface area is 192 Å². The fourth-order valence-corrected chi connectivity index (χ4v) is 2.84. The first-order valence-corrected chi connectivity index (χ1v) is 11.2. The van der Waals surface area contributed by atoms with Crippen LogP contribution in [0.5, 0.6) is 0 Å². The molecular formula is C23H43NO8. The maximum Gasteiger partial charge on any atom is 0.417 e. The van der Waals surface area contributed by atoms with Gasteiger partial charge in [-0.15, -0.1) is 0 Å². The molecule has 32 heavy (non-hydrogen) atoms. The molecule has 2 unspecified atom stereocenters. The summed E-state index contributed by atoms with van der Waals surface area (Å²) in [6.07, 6.45) is 3.18. The standard InChI is InChI=1S/C13H24O4.C10H19NO4/c1-10-9-11(17-13(2,3)15)7-5-4-6-8-12(14)16-10;1-9(2,3)14-7(12)11-8(13)15-10(4,5)6/h10-11,15H,4-9H2,1-3H3;1-6H3,(H,11,12,13). The molecule has 1 aliphatic heterocycles. The molecule has 0 aromatic carbocycles. The summed E-state index contributed by atoms with van der Waals surface area (Å²) in [4.78, 5) is 33.6. The number of cyclic esters (lactones) is 1. The van der Waals surface area contributed by atoms with E-state index in [0.29, 0.717) is 12.8 Å². The van der Waals surface area contributed by atoms with Crippen LogP contribution < -0.4 is 5.32 Å². The molecule has 9 nitrogen and oxygen atoms in total. The van der Waals surface area contributed by atoms with Gasteiger partial charge in [-0.3, -0.25) is 4.79 Å². The second kappa shape index (κ2) is 13.0. The molecule has 2 N–H and O–H groups in total. The van der Waals surface area contributed by atoms with Crippen LogP contribution in [0.4, 0.5) is 9.59 Å². The highest BCUT2D eigenvalue weighted by atomic mass is 16.6. The van der Waals surface area contributed by atoms with E-state index < -0.39 is 29.2 Å². The Morgan fingerprint density at radius 3 is 1.88 bits per heavy atom. The summed E-state index contributed by atoms with van der Waals surface area (Å²) >= 11 is 0. The number of hydrogen-bond donors (Lipinski definition) is 2. The minimum atomic E-state index is -1.13. The summed E-state index contributed by atoms with van der Waals surface area (Å²) in [5.41, 5.74) is -1.27. The molecule has 188 valence electrons. The second-order valence-electron chi connectivity index (χ2n) is 10.5. The number of nitrogens with one attached hydrogen (secondary N) is 1. The van der Waals surface area contributed by atoms with E-state index in [-0.39, 0.29) is 18.2 Å². The van der Waals surface area contributed by atoms with Gasteiger partial charge in [0.05, 0.1) is 6.10 Å². The number of rotatable bonds is 2. The lowest BCUT2D eigenvalue weighted by Crippen LogP contribution is -2.39. The summed E-state index contributed by atoms with van der Waals surface area (Å²) < 4.78 is 20.6. The fraction of sp³-hybridized carbons (Fsp3) is 0.870. The van der Waals surface area contributed by atoms with Gasteiger partial charge in [0.25, 0.3) is 0 Å². The van der Waals surface area contributed by atoms with Crippen molar-refractivity contribution < 1.29 is 38.4 Å². The van der Waals surface area contributed by atoms with Crippen molar-refractivity contribution >= 4 is 18.2 Å². The molecule has 1 heterocycles. The van der Waals surface area contributed by atoms with Gasteiger partial charge in [0.15, 0.2) is 5.79 Å². The van der Waals surface area contributed by atoms with Crippen molar-refractivity contribution in [2.24, 2.45) is 0 Å². The smallest absolute Gasteiger partial charge is 0.417 e. The molecule has 9 heteroatoms. The highest BCUT2D eigenvalue weighted by molar-refractivity contribution is 5.87. The predicted octanol–water partition coefficient (Wildman–Crippen LogP) is 4.83. The minimum Gasteiger partial charge on any atom is -0.463 e. The van der Waals surface area contributed by atoms with Gasteiger partial charge in [-0.05, 0) is 75.2 Å². The van der Waals surface area contributed by atoms with Gasteiger partial charge in [0.2, 0.25) is 0 Å². The first-order valence-electron chi connectivity index (χ1n) is 11.2. The zero-order chi connectivity index (χ0) is 25.2. The average molecular weight is 462 g/mol. The number of imide groups is 1. The Bertz CT molecular complexity index is 573. The van der Waals surface area contributed by atoms with Crippen molar-refractivity contribution in [3.8, 4) is 0 Å². The van der Waals surface area contributed by atoms with E-state index in [1.54, 1.807) is 55.4 Å². The molecule has 0 saturated carbocycles. The molecule has 0 bridgehead atoms. The van der Waals surface area contributed by atoms with E-state index in [9.17, 15) is 19.5 Å². The quantitative estimate of drug-likeness (QED) is 0.341. The number of aliphatic hydroxyl groups is 1. The van der Waals surface area contributed by atoms with E-state index in [1.807, 2.05) is 12.2 Å². The molecule has 0 spiro atoms. The van der Waals surface area contributed by atoms with Crippen molar-refractivity contribution in [2.75, 3.05) is 0 Å². The predicted molar refractivity (Wildman–Crippen MR) is 120 cm³/mol. The van der Waals surface area contributed by atoms with Gasteiger partial charge < -0.3 is 24.1 Å². The normalized spacial score (nSPS) is 20.8. The molecule has 1 saturated heterocycles. The highest BCUT2D eigenvalue weighted by Crippen LogP contribution is 2.21. The molecule has 2 atom stereocenters. The lowest BCUT2D eigenvalue weighted by molar-refractivity contribution is -0.213. The van der Waals surface area contributed by atoms with Gasteiger partial charge in [-0.2, -0.15) is 0 Å². The van der Waals surface area contributed by atoms with Crippen molar-refractivity contribution in [3.63, 3.8) is 0 Å². The fourth-order valence-electron chi connectivity index (χ4n) is 2.84. The molecule has 0 aliphatic carbocycles. The summed E-state index contributed by atoms with van der Waals surface area (Å²) in [6.45, 7) is 15.4. The first kappa shape index (κ1) is 30.1. The number of amides is 2. The van der Waals surface area contributed by atoms with E-state index >= 15 is 0 Å². The molecule has 0 aromatic rings. The zero-order valence-corrected chi connectivity index (χ0v) is 21.2. The molecule has 0 radical (unpaired) electrons. The summed E-state index contributed by atoms with van der Waals surface area (Å²) in [6, 6.07) is 0. The molecule has 0 aromatic heterocycles. The van der Waals surface area contributed by atoms with Gasteiger partial charge in [-0.1, -0.05) is 12.8 Å². The van der Waals surface area contributed by atoms with E-state index in [0.717, 1.165) is 25.7 Å². The second-order valence-corrected chi connectivity index (χ2v) is 10.5. The average Bonchev–Trinajstić information content (AvgIpc) is 2.48. The van der Waals surface area contributed by atoms with Gasteiger partial charge in [0.1, 0.15) is 17.3 Å². The minimum absolute atomic E-state index is 0.0455. The van der Waals surface area contributed by atoms with Gasteiger partial charge in [0, 0.05) is 12.8 Å². The molecule has 2 amide bonds. The van der Waals surface area contributed by atoms with Crippen molar-refractivity contribution in [1.82, 2.24) is 5.32 Å². The SMILES string of the molecule is CC(C)(C)OC(=O)NC(=O)OC(C)(C)C.CC1CC(OC(C)(C)O)CCCCCC(=O)O1. The van der Waals surface area contributed by atoms with Crippen LogP contribution in [0.2, 0.25) is 0 Å². The number of hydrogen-bond acceptors (Lipinski definition) is 8. The lowest BCUT2D eigenvalue weighted by atomic mass is 10.0. The van der Waals surface area contributed by atoms with Gasteiger partial charge in [-0.25, -0.2) is 14.9 Å². The molecular weight excluding hydrogens is 418 g/mol. The van der Waals surface area contributed by atoms with Crippen LogP contribution in [0.15, 0.2) is 0 Å². The van der Waals surface area contributed by atoms with Crippen LogP contribution in [0.1, 0.15) is 101 Å². The van der Waals surface area contributed by atoms with Crippen molar-refractivity contribution in [3.05, 3.63) is 0 Å². The van der Waals surface area contributed by atoms with Gasteiger partial charge >= 0.3 is 18.2 Å². The molecule has 1 rings (SSSR count). The van der Waals surface area contributed by atoms with Crippen molar-refractivity contribution in [2.45, 2.75) is 130 Å². The third-order valence-corrected chi connectivity index (χ3v) is 3.79. The number of alkyl carbamates (subject to hydrolysis) is 2. The summed E-state index contributed by atoms with van der Waals surface area (Å²) in [5.74, 6) is -1.25. The van der Waals surface area contributed by atoms with E-state index in [2.05, 4.69) is 0 Å². The molecule has 1 aliphatic rings. The number of ether oxygens (including phenoxy) is 4. The zero-order valence-electron chi connectivity index (χ0n) is 21.2. The Kier molecular flexibility index (Phi) is 12.2. The maximum absolute atomic E-state index is 11.4. The molecule has 1 fully saturated rings. The van der Waals surface area contributed by atoms with E-state index in [1.165, 1.54) is 0 Å². The summed E-state index contributed by atoms with van der Waals surface area (Å²) in [7, 11) is 0. The number of esters is 1. The van der Waals surface area contributed by atoms with Crippen molar-refractivity contribution in [1.29, 1.82) is 0 Å². The van der Waals surface area contributed by atoms with Crippen LogP contribution in [0, 0.1) is 0 Å². The first-order chi connectivity index (χ1) is 14.4. The number of carbonyl (C=O) groups is 3.